The molecule has 1 saturated heterocycles. The first-order valence-electron chi connectivity index (χ1n) is 3.95. The molecular formula is C6H12N2O4S. The first kappa shape index (κ1) is 10.4. The topological polar surface area (TPSA) is 101 Å². The number of piperidine rings is 1. The van der Waals surface area contributed by atoms with Crippen LogP contribution in [0.15, 0.2) is 0 Å². The van der Waals surface area contributed by atoms with Crippen molar-refractivity contribution in [2.45, 2.75) is 25.3 Å². The second-order valence-corrected chi connectivity index (χ2v) is 4.50. The van der Waals surface area contributed by atoms with Crippen LogP contribution >= 0.6 is 0 Å². The molecule has 0 unspecified atom stereocenters. The summed E-state index contributed by atoms with van der Waals surface area (Å²) in [6.07, 6.45) is 1.73. The van der Waals surface area contributed by atoms with Gasteiger partial charge in [-0.1, -0.05) is 0 Å². The molecule has 1 heterocycles. The zero-order valence-corrected chi connectivity index (χ0v) is 7.83. The van der Waals surface area contributed by atoms with Crippen LogP contribution in [0.3, 0.4) is 0 Å². The maximum Gasteiger partial charge on any atom is 0.322 e. The molecule has 3 N–H and O–H groups in total. The number of carboxylic acids is 1. The largest absolute Gasteiger partial charge is 0.480 e. The molecule has 0 saturated carbocycles. The highest BCUT2D eigenvalue weighted by atomic mass is 32.2. The third-order valence-corrected chi connectivity index (χ3v) is 3.16. The molecule has 76 valence electrons. The Labute approximate surface area is 76.5 Å². The lowest BCUT2D eigenvalue weighted by Gasteiger charge is -2.29. The molecule has 0 amide bonds. The minimum atomic E-state index is -3.87. The van der Waals surface area contributed by atoms with Crippen molar-refractivity contribution in [1.82, 2.24) is 4.31 Å². The summed E-state index contributed by atoms with van der Waals surface area (Å²) in [4.78, 5) is 10.6. The summed E-state index contributed by atoms with van der Waals surface area (Å²) >= 11 is 0. The van der Waals surface area contributed by atoms with E-state index in [4.69, 9.17) is 10.2 Å². The number of rotatable bonds is 2. The highest BCUT2D eigenvalue weighted by molar-refractivity contribution is 7.86. The summed E-state index contributed by atoms with van der Waals surface area (Å²) in [5, 5.41) is 13.6. The summed E-state index contributed by atoms with van der Waals surface area (Å²) in [7, 11) is -3.87. The lowest BCUT2D eigenvalue weighted by Crippen LogP contribution is -2.50. The molecular weight excluding hydrogens is 196 g/mol. The van der Waals surface area contributed by atoms with Gasteiger partial charge < -0.3 is 5.11 Å². The SMILES string of the molecule is NS(=O)(=O)N1CCCC[C@@H]1C(=O)O. The molecule has 7 heteroatoms. The fraction of sp³-hybridized carbons (Fsp3) is 0.833. The quantitative estimate of drug-likeness (QED) is 0.615. The summed E-state index contributed by atoms with van der Waals surface area (Å²) in [6.45, 7) is 0.204. The van der Waals surface area contributed by atoms with E-state index >= 15 is 0 Å². The maximum absolute atomic E-state index is 10.9. The van der Waals surface area contributed by atoms with E-state index in [2.05, 4.69) is 0 Å². The van der Waals surface area contributed by atoms with Crippen molar-refractivity contribution in [2.75, 3.05) is 6.54 Å². The number of hydrogen-bond acceptors (Lipinski definition) is 3. The summed E-state index contributed by atoms with van der Waals surface area (Å²) in [6, 6.07) is -0.983. The molecule has 13 heavy (non-hydrogen) atoms. The van der Waals surface area contributed by atoms with Gasteiger partial charge in [-0.05, 0) is 19.3 Å². The van der Waals surface area contributed by atoms with Crippen LogP contribution in [-0.4, -0.2) is 36.4 Å². The molecule has 1 aliphatic heterocycles. The predicted octanol–water partition coefficient (Wildman–Crippen LogP) is -0.871. The smallest absolute Gasteiger partial charge is 0.322 e. The van der Waals surface area contributed by atoms with E-state index in [0.29, 0.717) is 12.8 Å². The first-order chi connectivity index (χ1) is 5.93. The van der Waals surface area contributed by atoms with Crippen molar-refractivity contribution >= 4 is 16.2 Å². The molecule has 0 spiro atoms. The first-order valence-corrected chi connectivity index (χ1v) is 5.45. The Morgan fingerprint density at radius 1 is 1.46 bits per heavy atom. The molecule has 1 atom stereocenters. The molecule has 1 aliphatic rings. The Kier molecular flexibility index (Phi) is 2.89. The minimum absolute atomic E-state index is 0.204. The molecule has 6 nitrogen and oxygen atoms in total. The van der Waals surface area contributed by atoms with Crippen molar-refractivity contribution in [1.29, 1.82) is 0 Å². The Balaban J connectivity index is 2.86. The van der Waals surface area contributed by atoms with Gasteiger partial charge in [-0.2, -0.15) is 12.7 Å². The number of carboxylic acid groups (broad SMARTS) is 1. The fourth-order valence-corrected chi connectivity index (χ4v) is 2.39. The fourth-order valence-electron chi connectivity index (χ4n) is 1.46. The number of nitrogens with two attached hydrogens (primary N) is 1. The van der Waals surface area contributed by atoms with Crippen LogP contribution in [-0.2, 0) is 15.0 Å². The average molecular weight is 208 g/mol. The molecule has 0 aromatic heterocycles. The normalized spacial score (nSPS) is 25.8. The Morgan fingerprint density at radius 2 is 2.08 bits per heavy atom. The molecule has 0 aromatic carbocycles. The van der Waals surface area contributed by atoms with Crippen LogP contribution in [0.5, 0.6) is 0 Å². The van der Waals surface area contributed by atoms with E-state index in [9.17, 15) is 13.2 Å². The van der Waals surface area contributed by atoms with Crippen LogP contribution in [0.2, 0.25) is 0 Å². The van der Waals surface area contributed by atoms with Crippen molar-refractivity contribution in [3.8, 4) is 0 Å². The third kappa shape index (κ3) is 2.39. The van der Waals surface area contributed by atoms with Gasteiger partial charge in [-0.3, -0.25) is 4.79 Å². The number of hydrogen-bond donors (Lipinski definition) is 2. The second-order valence-electron chi connectivity index (χ2n) is 3.01. The summed E-state index contributed by atoms with van der Waals surface area (Å²) in [5.74, 6) is -1.13. The average Bonchev–Trinajstić information content (AvgIpc) is 2.03. The van der Waals surface area contributed by atoms with Crippen LogP contribution in [0.25, 0.3) is 0 Å². The monoisotopic (exact) mass is 208 g/mol. The molecule has 1 rings (SSSR count). The van der Waals surface area contributed by atoms with E-state index in [1.165, 1.54) is 0 Å². The van der Waals surface area contributed by atoms with Crippen LogP contribution in [0.1, 0.15) is 19.3 Å². The second kappa shape index (κ2) is 3.60. The minimum Gasteiger partial charge on any atom is -0.480 e. The molecule has 0 aromatic rings. The van der Waals surface area contributed by atoms with Crippen molar-refractivity contribution in [2.24, 2.45) is 5.14 Å². The van der Waals surface area contributed by atoms with Gasteiger partial charge in [0.05, 0.1) is 0 Å². The van der Waals surface area contributed by atoms with Gasteiger partial charge in [0.2, 0.25) is 0 Å². The summed E-state index contributed by atoms with van der Waals surface area (Å²) < 4.78 is 22.7. The van der Waals surface area contributed by atoms with E-state index in [1.54, 1.807) is 0 Å². The lowest BCUT2D eigenvalue weighted by atomic mass is 10.1. The van der Waals surface area contributed by atoms with E-state index in [1.807, 2.05) is 0 Å². The van der Waals surface area contributed by atoms with Crippen molar-refractivity contribution in [3.63, 3.8) is 0 Å². The molecule has 0 radical (unpaired) electrons. The lowest BCUT2D eigenvalue weighted by molar-refractivity contribution is -0.142. The van der Waals surface area contributed by atoms with Gasteiger partial charge in [0, 0.05) is 6.54 Å². The van der Waals surface area contributed by atoms with E-state index in [0.717, 1.165) is 10.7 Å². The van der Waals surface area contributed by atoms with Gasteiger partial charge in [0.1, 0.15) is 6.04 Å². The maximum atomic E-state index is 10.9. The van der Waals surface area contributed by atoms with Gasteiger partial charge in [0.25, 0.3) is 10.2 Å². The molecule has 0 bridgehead atoms. The van der Waals surface area contributed by atoms with Gasteiger partial charge in [0.15, 0.2) is 0 Å². The summed E-state index contributed by atoms with van der Waals surface area (Å²) in [5.41, 5.74) is 0. The van der Waals surface area contributed by atoms with Crippen LogP contribution in [0.4, 0.5) is 0 Å². The predicted molar refractivity (Wildman–Crippen MR) is 45.1 cm³/mol. The molecule has 0 aliphatic carbocycles. The highest BCUT2D eigenvalue weighted by Gasteiger charge is 2.34. The number of aliphatic carboxylic acids is 1. The number of carbonyl (C=O) groups is 1. The van der Waals surface area contributed by atoms with Crippen LogP contribution < -0.4 is 5.14 Å². The van der Waals surface area contributed by atoms with Crippen molar-refractivity contribution in [3.05, 3.63) is 0 Å². The van der Waals surface area contributed by atoms with Crippen LogP contribution in [0, 0.1) is 0 Å². The third-order valence-electron chi connectivity index (χ3n) is 2.07. The van der Waals surface area contributed by atoms with E-state index < -0.39 is 22.2 Å². The molecule has 1 fully saturated rings. The standard InChI is InChI=1S/C6H12N2O4S/c7-13(11,12)8-4-2-1-3-5(8)6(9)10/h5H,1-4H2,(H,9,10)(H2,7,11,12)/t5-/m1/s1. The Hall–Kier alpha value is -0.660. The zero-order chi connectivity index (χ0) is 10.1. The van der Waals surface area contributed by atoms with Gasteiger partial charge in [-0.15, -0.1) is 0 Å². The Morgan fingerprint density at radius 3 is 2.46 bits per heavy atom. The van der Waals surface area contributed by atoms with E-state index in [-0.39, 0.29) is 6.54 Å². The Bertz CT molecular complexity index is 300. The highest BCUT2D eigenvalue weighted by Crippen LogP contribution is 2.18. The van der Waals surface area contributed by atoms with Gasteiger partial charge in [-0.25, -0.2) is 5.14 Å². The zero-order valence-electron chi connectivity index (χ0n) is 7.01. The van der Waals surface area contributed by atoms with Gasteiger partial charge >= 0.3 is 5.97 Å². The number of nitrogens with zero attached hydrogens (tertiary/aromatic N) is 1. The van der Waals surface area contributed by atoms with Crippen molar-refractivity contribution < 1.29 is 18.3 Å².